The molecule has 8 heteroatoms. The van der Waals surface area contributed by atoms with Crippen molar-refractivity contribution in [2.45, 2.75) is 32.7 Å². The van der Waals surface area contributed by atoms with Crippen LogP contribution in [0.15, 0.2) is 24.3 Å². The standard InChI is InChI=1S/C22H30N6O2/c1-3-24-22(29)25-17-6-4-16(5-7-17)20-26-19-9-11-23-10-8-18(19)21(27-20)28-12-13-30-14-15(28)2/h4-7,15,23H,3,8-14H2,1-2H3,(H2,24,25,29). The fourth-order valence-corrected chi connectivity index (χ4v) is 3.97. The summed E-state index contributed by atoms with van der Waals surface area (Å²) in [4.78, 5) is 24.1. The van der Waals surface area contributed by atoms with Gasteiger partial charge in [-0.25, -0.2) is 14.8 Å². The largest absolute Gasteiger partial charge is 0.377 e. The molecule has 2 amide bonds. The molecule has 0 bridgehead atoms. The Labute approximate surface area is 177 Å². The predicted octanol–water partition coefficient (Wildman–Crippen LogP) is 2.20. The van der Waals surface area contributed by atoms with Gasteiger partial charge in [0.15, 0.2) is 5.82 Å². The lowest BCUT2D eigenvalue weighted by atomic mass is 10.1. The molecule has 0 aliphatic carbocycles. The number of carbonyl (C=O) groups excluding carboxylic acids is 1. The van der Waals surface area contributed by atoms with Gasteiger partial charge < -0.3 is 25.6 Å². The number of morpholine rings is 1. The second kappa shape index (κ2) is 9.40. The summed E-state index contributed by atoms with van der Waals surface area (Å²) in [6.07, 6.45) is 1.83. The molecule has 3 N–H and O–H groups in total. The Morgan fingerprint density at radius 2 is 2.03 bits per heavy atom. The molecule has 0 saturated carbocycles. The maximum absolute atomic E-state index is 11.7. The van der Waals surface area contributed by atoms with E-state index in [1.807, 2.05) is 31.2 Å². The van der Waals surface area contributed by atoms with Crippen molar-refractivity contribution in [3.05, 3.63) is 35.5 Å². The van der Waals surface area contributed by atoms with Crippen molar-refractivity contribution in [3.8, 4) is 11.4 Å². The van der Waals surface area contributed by atoms with Crippen LogP contribution in [0.3, 0.4) is 0 Å². The molecule has 1 saturated heterocycles. The van der Waals surface area contributed by atoms with Crippen molar-refractivity contribution in [3.63, 3.8) is 0 Å². The summed E-state index contributed by atoms with van der Waals surface area (Å²) in [7, 11) is 0. The molecule has 1 unspecified atom stereocenters. The van der Waals surface area contributed by atoms with Gasteiger partial charge in [-0.3, -0.25) is 0 Å². The van der Waals surface area contributed by atoms with E-state index in [9.17, 15) is 4.79 Å². The van der Waals surface area contributed by atoms with Crippen molar-refractivity contribution in [1.29, 1.82) is 0 Å². The fourth-order valence-electron chi connectivity index (χ4n) is 3.97. The van der Waals surface area contributed by atoms with Gasteiger partial charge in [0.2, 0.25) is 0 Å². The van der Waals surface area contributed by atoms with Gasteiger partial charge in [-0.1, -0.05) is 0 Å². The third kappa shape index (κ3) is 4.55. The van der Waals surface area contributed by atoms with Gasteiger partial charge in [0.05, 0.1) is 24.9 Å². The second-order valence-corrected chi connectivity index (χ2v) is 7.73. The van der Waals surface area contributed by atoms with Crippen LogP contribution in [0, 0.1) is 0 Å². The zero-order chi connectivity index (χ0) is 20.9. The zero-order valence-electron chi connectivity index (χ0n) is 17.7. The van der Waals surface area contributed by atoms with Crippen LogP contribution < -0.4 is 20.9 Å². The smallest absolute Gasteiger partial charge is 0.319 e. The molecule has 0 spiro atoms. The number of nitrogens with zero attached hydrogens (tertiary/aromatic N) is 3. The molecule has 2 aliphatic heterocycles. The summed E-state index contributed by atoms with van der Waals surface area (Å²) in [6.45, 7) is 8.81. The van der Waals surface area contributed by atoms with Gasteiger partial charge >= 0.3 is 6.03 Å². The van der Waals surface area contributed by atoms with Gasteiger partial charge in [-0.2, -0.15) is 0 Å². The highest BCUT2D eigenvalue weighted by Gasteiger charge is 2.26. The zero-order valence-corrected chi connectivity index (χ0v) is 17.7. The maximum Gasteiger partial charge on any atom is 0.319 e. The normalized spacial score (nSPS) is 19.0. The van der Waals surface area contributed by atoms with Gasteiger partial charge in [0.25, 0.3) is 0 Å². The molecule has 2 aromatic rings. The lowest BCUT2D eigenvalue weighted by Crippen LogP contribution is -2.45. The number of amides is 2. The number of hydrogen-bond donors (Lipinski definition) is 3. The van der Waals surface area contributed by atoms with Crippen LogP contribution in [-0.4, -0.2) is 61.4 Å². The quantitative estimate of drug-likeness (QED) is 0.716. The summed E-state index contributed by atoms with van der Waals surface area (Å²) >= 11 is 0. The number of anilines is 2. The molecule has 8 nitrogen and oxygen atoms in total. The lowest BCUT2D eigenvalue weighted by Gasteiger charge is -2.36. The Balaban J connectivity index is 1.67. The van der Waals surface area contributed by atoms with Gasteiger partial charge in [-0.15, -0.1) is 0 Å². The fraction of sp³-hybridized carbons (Fsp3) is 0.500. The third-order valence-electron chi connectivity index (χ3n) is 5.54. The number of hydrogen-bond acceptors (Lipinski definition) is 6. The first kappa shape index (κ1) is 20.6. The third-order valence-corrected chi connectivity index (χ3v) is 5.54. The van der Waals surface area contributed by atoms with Crippen molar-refractivity contribution >= 4 is 17.5 Å². The second-order valence-electron chi connectivity index (χ2n) is 7.73. The number of carbonyl (C=O) groups is 1. The van der Waals surface area contributed by atoms with Crippen LogP contribution >= 0.6 is 0 Å². The average molecular weight is 411 g/mol. The van der Waals surface area contributed by atoms with Crippen LogP contribution in [-0.2, 0) is 17.6 Å². The number of fused-ring (bicyclic) bond motifs is 1. The van der Waals surface area contributed by atoms with E-state index in [4.69, 9.17) is 14.7 Å². The van der Waals surface area contributed by atoms with E-state index in [-0.39, 0.29) is 12.1 Å². The molecular formula is C22H30N6O2. The van der Waals surface area contributed by atoms with E-state index in [0.29, 0.717) is 13.2 Å². The Bertz CT molecular complexity index is 886. The summed E-state index contributed by atoms with van der Waals surface area (Å²) in [5.74, 6) is 1.77. The summed E-state index contributed by atoms with van der Waals surface area (Å²) in [6, 6.07) is 7.78. The molecule has 3 heterocycles. The molecule has 160 valence electrons. The summed E-state index contributed by atoms with van der Waals surface area (Å²) < 4.78 is 5.64. The Kier molecular flexibility index (Phi) is 6.44. The van der Waals surface area contributed by atoms with Crippen molar-refractivity contribution in [2.24, 2.45) is 0 Å². The molecule has 30 heavy (non-hydrogen) atoms. The molecule has 2 aliphatic rings. The number of nitrogens with one attached hydrogen (secondary N) is 3. The molecule has 1 aromatic carbocycles. The number of urea groups is 1. The van der Waals surface area contributed by atoms with Gasteiger partial charge in [0.1, 0.15) is 5.82 Å². The topological polar surface area (TPSA) is 91.4 Å². The minimum Gasteiger partial charge on any atom is -0.377 e. The first-order chi connectivity index (χ1) is 14.7. The van der Waals surface area contributed by atoms with E-state index in [2.05, 4.69) is 27.8 Å². The van der Waals surface area contributed by atoms with E-state index < -0.39 is 0 Å². The van der Waals surface area contributed by atoms with Crippen LogP contribution in [0.4, 0.5) is 16.3 Å². The van der Waals surface area contributed by atoms with Crippen LogP contribution in [0.2, 0.25) is 0 Å². The highest BCUT2D eigenvalue weighted by molar-refractivity contribution is 5.89. The molecule has 1 atom stereocenters. The maximum atomic E-state index is 11.7. The molecule has 1 aromatic heterocycles. The molecular weight excluding hydrogens is 380 g/mol. The minimum atomic E-state index is -0.206. The number of aromatic nitrogens is 2. The van der Waals surface area contributed by atoms with Crippen molar-refractivity contribution in [1.82, 2.24) is 20.6 Å². The predicted molar refractivity (Wildman–Crippen MR) is 118 cm³/mol. The molecule has 0 radical (unpaired) electrons. The van der Waals surface area contributed by atoms with Crippen molar-refractivity contribution < 1.29 is 9.53 Å². The summed E-state index contributed by atoms with van der Waals surface area (Å²) in [5, 5.41) is 9.03. The van der Waals surface area contributed by atoms with Crippen molar-refractivity contribution in [2.75, 3.05) is 49.6 Å². The Morgan fingerprint density at radius 3 is 2.80 bits per heavy atom. The van der Waals surface area contributed by atoms with E-state index in [1.54, 1.807) is 0 Å². The van der Waals surface area contributed by atoms with Gasteiger partial charge in [-0.05, 0) is 51.1 Å². The van der Waals surface area contributed by atoms with Crippen LogP contribution in [0.25, 0.3) is 11.4 Å². The number of benzene rings is 1. The van der Waals surface area contributed by atoms with E-state index >= 15 is 0 Å². The number of rotatable bonds is 4. The van der Waals surface area contributed by atoms with Crippen LogP contribution in [0.5, 0.6) is 0 Å². The van der Waals surface area contributed by atoms with Gasteiger partial charge in [0, 0.05) is 42.9 Å². The SMILES string of the molecule is CCNC(=O)Nc1ccc(-c2nc3c(c(N4CCOCC4C)n2)CCNCC3)cc1. The number of ether oxygens (including phenoxy) is 1. The van der Waals surface area contributed by atoms with E-state index in [1.165, 1.54) is 5.56 Å². The van der Waals surface area contributed by atoms with E-state index in [0.717, 1.165) is 67.7 Å². The first-order valence-electron chi connectivity index (χ1n) is 10.8. The molecule has 1 fully saturated rings. The summed E-state index contributed by atoms with van der Waals surface area (Å²) in [5.41, 5.74) is 4.07. The monoisotopic (exact) mass is 410 g/mol. The highest BCUT2D eigenvalue weighted by Crippen LogP contribution is 2.29. The molecule has 4 rings (SSSR count). The Hall–Kier alpha value is -2.71. The first-order valence-corrected chi connectivity index (χ1v) is 10.8. The Morgan fingerprint density at radius 1 is 1.23 bits per heavy atom. The minimum absolute atomic E-state index is 0.206. The average Bonchev–Trinajstić information content (AvgIpc) is 3.00. The lowest BCUT2D eigenvalue weighted by molar-refractivity contribution is 0.0984. The van der Waals surface area contributed by atoms with Crippen LogP contribution in [0.1, 0.15) is 25.1 Å². The highest BCUT2D eigenvalue weighted by atomic mass is 16.5.